The average Bonchev–Trinajstić information content (AvgIpc) is 2.92. The van der Waals surface area contributed by atoms with Crippen molar-refractivity contribution in [3.63, 3.8) is 0 Å². The molecule has 8 nitrogen and oxygen atoms in total. The maximum absolute atomic E-state index is 12.3. The number of H-pyrrole nitrogens is 1. The fourth-order valence-corrected chi connectivity index (χ4v) is 3.37. The highest BCUT2D eigenvalue weighted by Gasteiger charge is 2.37. The van der Waals surface area contributed by atoms with Crippen LogP contribution in [0.25, 0.3) is 0 Å². The molecule has 2 heterocycles. The zero-order chi connectivity index (χ0) is 13.2. The van der Waals surface area contributed by atoms with E-state index in [1.165, 1.54) is 23.7 Å². The molecule has 1 unspecified atom stereocenters. The van der Waals surface area contributed by atoms with Crippen LogP contribution in [0.4, 0.5) is 0 Å². The third-order valence-electron chi connectivity index (χ3n) is 2.82. The summed E-state index contributed by atoms with van der Waals surface area (Å²) in [4.78, 5) is 11.8. The number of nitrogens with one attached hydrogen (secondary N) is 3. The summed E-state index contributed by atoms with van der Waals surface area (Å²) >= 11 is 0. The smallest absolute Gasteiger partial charge is 0.247 e. The Bertz CT molecular complexity index is 512. The van der Waals surface area contributed by atoms with Crippen molar-refractivity contribution in [2.75, 3.05) is 26.7 Å². The average molecular weight is 273 g/mol. The third-order valence-corrected chi connectivity index (χ3v) is 4.70. The van der Waals surface area contributed by atoms with Crippen molar-refractivity contribution in [3.05, 3.63) is 12.4 Å². The van der Waals surface area contributed by atoms with Crippen molar-refractivity contribution in [1.82, 2.24) is 25.1 Å². The highest BCUT2D eigenvalue weighted by molar-refractivity contribution is 7.89. The van der Waals surface area contributed by atoms with Crippen LogP contribution in [0.2, 0.25) is 0 Å². The number of carbonyl (C=O) groups excluding carboxylic acids is 1. The van der Waals surface area contributed by atoms with E-state index in [4.69, 9.17) is 0 Å². The Morgan fingerprint density at radius 1 is 1.61 bits per heavy atom. The summed E-state index contributed by atoms with van der Waals surface area (Å²) in [5.74, 6) is -0.325. The predicted octanol–water partition coefficient (Wildman–Crippen LogP) is -1.88. The van der Waals surface area contributed by atoms with Crippen LogP contribution in [0.15, 0.2) is 17.3 Å². The van der Waals surface area contributed by atoms with Crippen LogP contribution in [-0.4, -0.2) is 61.6 Å². The minimum atomic E-state index is -3.68. The van der Waals surface area contributed by atoms with E-state index >= 15 is 0 Å². The molecule has 9 heteroatoms. The topological polar surface area (TPSA) is 107 Å². The second-order valence-corrected chi connectivity index (χ2v) is 5.77. The van der Waals surface area contributed by atoms with E-state index in [0.717, 1.165) is 0 Å². The molecule has 18 heavy (non-hydrogen) atoms. The molecule has 1 atom stereocenters. The van der Waals surface area contributed by atoms with Crippen LogP contribution in [-0.2, 0) is 14.8 Å². The molecule has 0 aliphatic carbocycles. The van der Waals surface area contributed by atoms with Gasteiger partial charge in [-0.2, -0.15) is 9.40 Å². The Kier molecular flexibility index (Phi) is 3.64. The lowest BCUT2D eigenvalue weighted by molar-refractivity contribution is -0.124. The lowest BCUT2D eigenvalue weighted by Gasteiger charge is -2.33. The van der Waals surface area contributed by atoms with Crippen LogP contribution in [0.1, 0.15) is 0 Å². The molecule has 0 aromatic carbocycles. The molecular weight excluding hydrogens is 258 g/mol. The van der Waals surface area contributed by atoms with Gasteiger partial charge < -0.3 is 10.6 Å². The Labute approximate surface area is 105 Å². The maximum Gasteiger partial charge on any atom is 0.247 e. The van der Waals surface area contributed by atoms with E-state index in [-0.39, 0.29) is 17.3 Å². The number of sulfonamides is 1. The molecular formula is C9H15N5O3S. The second kappa shape index (κ2) is 5.04. The standard InChI is InChI=1S/C9H15N5O3S/c1-10-9(15)8-6-11-2-3-14(8)18(16,17)7-4-12-13-5-7/h4-5,8,11H,2-3,6H2,1H3,(H,10,15)(H,12,13). The monoisotopic (exact) mass is 273 g/mol. The summed E-state index contributed by atoms with van der Waals surface area (Å²) in [6.07, 6.45) is 2.54. The number of amides is 1. The summed E-state index contributed by atoms with van der Waals surface area (Å²) in [6, 6.07) is -0.733. The zero-order valence-corrected chi connectivity index (χ0v) is 10.7. The second-order valence-electron chi connectivity index (χ2n) is 3.88. The van der Waals surface area contributed by atoms with Gasteiger partial charge in [-0.15, -0.1) is 0 Å². The molecule has 1 aromatic rings. The van der Waals surface area contributed by atoms with E-state index in [0.29, 0.717) is 13.1 Å². The number of aromatic amines is 1. The van der Waals surface area contributed by atoms with Gasteiger partial charge in [0.05, 0.1) is 6.20 Å². The van der Waals surface area contributed by atoms with Crippen LogP contribution < -0.4 is 10.6 Å². The lowest BCUT2D eigenvalue weighted by Crippen LogP contribution is -2.59. The lowest BCUT2D eigenvalue weighted by atomic mass is 10.2. The molecule has 1 aromatic heterocycles. The van der Waals surface area contributed by atoms with E-state index in [2.05, 4.69) is 20.8 Å². The Morgan fingerprint density at radius 2 is 2.39 bits per heavy atom. The molecule has 100 valence electrons. The van der Waals surface area contributed by atoms with Crippen molar-refractivity contribution >= 4 is 15.9 Å². The van der Waals surface area contributed by atoms with Gasteiger partial charge in [0.2, 0.25) is 15.9 Å². The molecule has 0 bridgehead atoms. The first-order valence-electron chi connectivity index (χ1n) is 5.50. The SMILES string of the molecule is CNC(=O)C1CNCCN1S(=O)(=O)c1cn[nH]c1. The summed E-state index contributed by atoms with van der Waals surface area (Å²) in [5, 5.41) is 11.6. The minimum absolute atomic E-state index is 0.0679. The van der Waals surface area contributed by atoms with Crippen molar-refractivity contribution in [3.8, 4) is 0 Å². The number of piperazine rings is 1. The molecule has 0 saturated carbocycles. The Balaban J connectivity index is 2.32. The molecule has 3 N–H and O–H groups in total. The van der Waals surface area contributed by atoms with Crippen LogP contribution in [0, 0.1) is 0 Å². The number of hydrogen-bond acceptors (Lipinski definition) is 5. The van der Waals surface area contributed by atoms with E-state index < -0.39 is 16.1 Å². The van der Waals surface area contributed by atoms with Crippen LogP contribution in [0.5, 0.6) is 0 Å². The van der Waals surface area contributed by atoms with Gasteiger partial charge in [-0.1, -0.05) is 0 Å². The van der Waals surface area contributed by atoms with Gasteiger partial charge in [0.25, 0.3) is 0 Å². The normalized spacial score (nSPS) is 21.7. The number of carbonyl (C=O) groups is 1. The van der Waals surface area contributed by atoms with E-state index in [1.807, 2.05) is 0 Å². The first-order valence-corrected chi connectivity index (χ1v) is 6.94. The van der Waals surface area contributed by atoms with Crippen molar-refractivity contribution in [2.45, 2.75) is 10.9 Å². The predicted molar refractivity (Wildman–Crippen MR) is 63.2 cm³/mol. The number of nitrogens with zero attached hydrogens (tertiary/aromatic N) is 2. The van der Waals surface area contributed by atoms with Gasteiger partial charge in [0.1, 0.15) is 10.9 Å². The Morgan fingerprint density at radius 3 is 3.00 bits per heavy atom. The first kappa shape index (κ1) is 13.0. The van der Waals surface area contributed by atoms with Gasteiger partial charge >= 0.3 is 0 Å². The maximum atomic E-state index is 12.3. The summed E-state index contributed by atoms with van der Waals surface area (Å²) in [7, 11) is -2.20. The molecule has 1 aliphatic heterocycles. The minimum Gasteiger partial charge on any atom is -0.358 e. The van der Waals surface area contributed by atoms with Crippen molar-refractivity contribution in [2.24, 2.45) is 0 Å². The molecule has 0 spiro atoms. The molecule has 1 fully saturated rings. The molecule has 0 radical (unpaired) electrons. The molecule has 1 saturated heterocycles. The number of hydrogen-bond donors (Lipinski definition) is 3. The van der Waals surface area contributed by atoms with Gasteiger partial charge in [0.15, 0.2) is 0 Å². The van der Waals surface area contributed by atoms with Gasteiger partial charge in [-0.25, -0.2) is 8.42 Å². The van der Waals surface area contributed by atoms with Gasteiger partial charge in [-0.3, -0.25) is 9.89 Å². The van der Waals surface area contributed by atoms with Gasteiger partial charge in [0, 0.05) is 32.9 Å². The third kappa shape index (κ3) is 2.24. The van der Waals surface area contributed by atoms with Crippen molar-refractivity contribution < 1.29 is 13.2 Å². The highest BCUT2D eigenvalue weighted by atomic mass is 32.2. The zero-order valence-electron chi connectivity index (χ0n) is 9.88. The number of aromatic nitrogens is 2. The van der Waals surface area contributed by atoms with Crippen LogP contribution in [0.3, 0.4) is 0 Å². The molecule has 1 aliphatic rings. The van der Waals surface area contributed by atoms with E-state index in [9.17, 15) is 13.2 Å². The number of rotatable bonds is 3. The summed E-state index contributed by atoms with van der Waals surface area (Å²) in [6.45, 7) is 1.08. The number of likely N-dealkylation sites (N-methyl/N-ethyl adjacent to an activating group) is 1. The van der Waals surface area contributed by atoms with E-state index in [1.54, 1.807) is 0 Å². The molecule has 2 rings (SSSR count). The largest absolute Gasteiger partial charge is 0.358 e. The summed E-state index contributed by atoms with van der Waals surface area (Å²) in [5.41, 5.74) is 0. The first-order chi connectivity index (χ1) is 8.57. The fraction of sp³-hybridized carbons (Fsp3) is 0.556. The molecule has 1 amide bonds. The quantitative estimate of drug-likeness (QED) is 0.597. The summed E-state index contributed by atoms with van der Waals surface area (Å²) < 4.78 is 25.9. The van der Waals surface area contributed by atoms with Crippen molar-refractivity contribution in [1.29, 1.82) is 0 Å². The fourth-order valence-electron chi connectivity index (χ4n) is 1.88. The highest BCUT2D eigenvalue weighted by Crippen LogP contribution is 2.18. The van der Waals surface area contributed by atoms with Gasteiger partial charge in [-0.05, 0) is 0 Å². The van der Waals surface area contributed by atoms with Crippen LogP contribution >= 0.6 is 0 Å². The Hall–Kier alpha value is -1.45.